The highest BCUT2D eigenvalue weighted by atomic mass is 16.5. The molecule has 0 aromatic heterocycles. The van der Waals surface area contributed by atoms with E-state index in [-0.39, 0.29) is 6.54 Å². The van der Waals surface area contributed by atoms with Gasteiger partial charge in [-0.3, -0.25) is 14.4 Å². The minimum absolute atomic E-state index is 0.148. The van der Waals surface area contributed by atoms with Gasteiger partial charge < -0.3 is 25.4 Å². The number of hydrogen-bond acceptors (Lipinski definition) is 5. The molecule has 0 unspecified atom stereocenters. The summed E-state index contributed by atoms with van der Waals surface area (Å²) in [6, 6.07) is 12.4. The van der Waals surface area contributed by atoms with Gasteiger partial charge in [-0.2, -0.15) is 0 Å². The van der Waals surface area contributed by atoms with Crippen LogP contribution in [0.15, 0.2) is 48.5 Å². The van der Waals surface area contributed by atoms with E-state index in [1.165, 1.54) is 21.1 Å². The van der Waals surface area contributed by atoms with Crippen LogP contribution in [0.2, 0.25) is 0 Å². The maximum absolute atomic E-state index is 12.5. The molecular formula is C20H23N3O5. The normalized spacial score (nSPS) is 11.1. The second-order valence-electron chi connectivity index (χ2n) is 5.88. The zero-order chi connectivity index (χ0) is 20.5. The number of carbonyl (C=O) groups is 3. The average molecular weight is 385 g/mol. The zero-order valence-corrected chi connectivity index (χ0v) is 15.9. The van der Waals surface area contributed by atoms with Gasteiger partial charge in [-0.1, -0.05) is 18.2 Å². The molecule has 8 nitrogen and oxygen atoms in total. The molecule has 0 aliphatic heterocycles. The monoisotopic (exact) mass is 385 g/mol. The van der Waals surface area contributed by atoms with Crippen LogP contribution < -0.4 is 25.4 Å². The van der Waals surface area contributed by atoms with Crippen LogP contribution in [-0.2, 0) is 20.9 Å². The van der Waals surface area contributed by atoms with Crippen molar-refractivity contribution in [2.45, 2.75) is 19.5 Å². The first-order valence-corrected chi connectivity index (χ1v) is 8.56. The zero-order valence-electron chi connectivity index (χ0n) is 15.9. The summed E-state index contributed by atoms with van der Waals surface area (Å²) in [4.78, 5) is 36.5. The van der Waals surface area contributed by atoms with Crippen LogP contribution in [0.5, 0.6) is 11.5 Å². The lowest BCUT2D eigenvalue weighted by atomic mass is 10.2. The van der Waals surface area contributed by atoms with Gasteiger partial charge >= 0.3 is 0 Å². The number of ether oxygens (including phenoxy) is 2. The van der Waals surface area contributed by atoms with Crippen molar-refractivity contribution < 1.29 is 23.9 Å². The number of rotatable bonds is 8. The molecule has 2 aromatic carbocycles. The summed E-state index contributed by atoms with van der Waals surface area (Å²) in [7, 11) is 3.07. The molecule has 2 rings (SSSR count). The molecule has 28 heavy (non-hydrogen) atoms. The van der Waals surface area contributed by atoms with Crippen molar-refractivity contribution in [3.63, 3.8) is 0 Å². The summed E-state index contributed by atoms with van der Waals surface area (Å²) in [6.45, 7) is 1.38. The number of nitrogens with one attached hydrogen (secondary N) is 3. The van der Waals surface area contributed by atoms with Crippen molar-refractivity contribution in [3.8, 4) is 11.5 Å². The van der Waals surface area contributed by atoms with E-state index in [0.29, 0.717) is 17.2 Å². The van der Waals surface area contributed by atoms with Gasteiger partial charge in [0.2, 0.25) is 5.91 Å². The van der Waals surface area contributed by atoms with E-state index in [2.05, 4.69) is 16.0 Å². The summed E-state index contributed by atoms with van der Waals surface area (Å²) in [5, 5.41) is 7.62. The summed E-state index contributed by atoms with van der Waals surface area (Å²) < 4.78 is 10.3. The van der Waals surface area contributed by atoms with Crippen molar-refractivity contribution in [3.05, 3.63) is 54.1 Å². The fraction of sp³-hybridized carbons (Fsp3) is 0.250. The fourth-order valence-electron chi connectivity index (χ4n) is 2.48. The van der Waals surface area contributed by atoms with E-state index in [9.17, 15) is 14.4 Å². The number of benzene rings is 2. The number of anilines is 1. The standard InChI is InChI=1S/C20H23N3O5/c1-13(24)22-18(20(26)23-15-8-10-16(27-2)11-9-15)19(25)21-12-14-6-4-5-7-17(14)28-3/h4-11,18H,12H2,1-3H3,(H,21,25)(H,22,24)(H,23,26)/t18-/m1/s1. The van der Waals surface area contributed by atoms with E-state index < -0.39 is 23.8 Å². The van der Waals surface area contributed by atoms with Crippen molar-refractivity contribution in [2.75, 3.05) is 19.5 Å². The molecule has 1 atom stereocenters. The topological polar surface area (TPSA) is 106 Å². The summed E-state index contributed by atoms with van der Waals surface area (Å²) in [6.07, 6.45) is 0. The van der Waals surface area contributed by atoms with Crippen LogP contribution >= 0.6 is 0 Å². The predicted octanol–water partition coefficient (Wildman–Crippen LogP) is 1.46. The third-order valence-electron chi connectivity index (χ3n) is 3.88. The van der Waals surface area contributed by atoms with Crippen molar-refractivity contribution in [1.29, 1.82) is 0 Å². The maximum Gasteiger partial charge on any atom is 0.256 e. The Morgan fingerprint density at radius 1 is 0.929 bits per heavy atom. The molecule has 0 radical (unpaired) electrons. The van der Waals surface area contributed by atoms with Gasteiger partial charge in [-0.15, -0.1) is 0 Å². The van der Waals surface area contributed by atoms with Crippen molar-refractivity contribution in [2.24, 2.45) is 0 Å². The molecule has 0 saturated carbocycles. The van der Waals surface area contributed by atoms with E-state index in [0.717, 1.165) is 5.56 Å². The molecule has 8 heteroatoms. The highest BCUT2D eigenvalue weighted by molar-refractivity contribution is 6.11. The second-order valence-corrected chi connectivity index (χ2v) is 5.88. The smallest absolute Gasteiger partial charge is 0.256 e. The lowest BCUT2D eigenvalue weighted by molar-refractivity contribution is -0.134. The SMILES string of the molecule is COc1ccc(NC(=O)[C@H](NC(C)=O)C(=O)NCc2ccccc2OC)cc1. The minimum atomic E-state index is -1.38. The van der Waals surface area contributed by atoms with Gasteiger partial charge in [0.1, 0.15) is 11.5 Å². The molecule has 0 bridgehead atoms. The van der Waals surface area contributed by atoms with Gasteiger partial charge in [0, 0.05) is 24.7 Å². The Morgan fingerprint density at radius 3 is 2.21 bits per heavy atom. The number of hydrogen-bond donors (Lipinski definition) is 3. The Bertz CT molecular complexity index is 836. The third-order valence-corrected chi connectivity index (χ3v) is 3.88. The summed E-state index contributed by atoms with van der Waals surface area (Å²) in [5.41, 5.74) is 1.22. The van der Waals surface area contributed by atoms with Crippen LogP contribution in [0.3, 0.4) is 0 Å². The maximum atomic E-state index is 12.5. The van der Waals surface area contributed by atoms with Gasteiger partial charge in [0.05, 0.1) is 14.2 Å². The van der Waals surface area contributed by atoms with Crippen molar-refractivity contribution >= 4 is 23.4 Å². The van der Waals surface area contributed by atoms with Crippen LogP contribution in [0.1, 0.15) is 12.5 Å². The van der Waals surface area contributed by atoms with Gasteiger partial charge in [0.25, 0.3) is 11.8 Å². The third kappa shape index (κ3) is 5.73. The highest BCUT2D eigenvalue weighted by Crippen LogP contribution is 2.17. The van der Waals surface area contributed by atoms with Crippen molar-refractivity contribution in [1.82, 2.24) is 10.6 Å². The lowest BCUT2D eigenvalue weighted by Gasteiger charge is -2.18. The average Bonchev–Trinajstić information content (AvgIpc) is 2.70. The molecule has 0 aliphatic carbocycles. The Balaban J connectivity index is 2.06. The number of methoxy groups -OCH3 is 2. The second kappa shape index (κ2) is 9.96. The highest BCUT2D eigenvalue weighted by Gasteiger charge is 2.27. The first-order chi connectivity index (χ1) is 13.4. The summed E-state index contributed by atoms with van der Waals surface area (Å²) >= 11 is 0. The van der Waals surface area contributed by atoms with Crippen LogP contribution in [0, 0.1) is 0 Å². The molecule has 0 spiro atoms. The molecule has 0 aliphatic rings. The van der Waals surface area contributed by atoms with E-state index in [1.54, 1.807) is 36.4 Å². The van der Waals surface area contributed by atoms with E-state index in [1.807, 2.05) is 12.1 Å². The Morgan fingerprint density at radius 2 is 1.61 bits per heavy atom. The molecule has 148 valence electrons. The molecular weight excluding hydrogens is 362 g/mol. The lowest BCUT2D eigenvalue weighted by Crippen LogP contribution is -2.52. The van der Waals surface area contributed by atoms with Crippen LogP contribution in [0.4, 0.5) is 5.69 Å². The summed E-state index contributed by atoms with van der Waals surface area (Å²) in [5.74, 6) is -0.542. The fourth-order valence-corrected chi connectivity index (χ4v) is 2.48. The Kier molecular flexibility index (Phi) is 7.38. The molecule has 0 heterocycles. The van der Waals surface area contributed by atoms with Crippen LogP contribution in [-0.4, -0.2) is 38.0 Å². The minimum Gasteiger partial charge on any atom is -0.497 e. The number of para-hydroxylation sites is 1. The van der Waals surface area contributed by atoms with Gasteiger partial charge in [-0.05, 0) is 30.3 Å². The van der Waals surface area contributed by atoms with Gasteiger partial charge in [-0.25, -0.2) is 0 Å². The van der Waals surface area contributed by atoms with E-state index >= 15 is 0 Å². The molecule has 2 aromatic rings. The Labute approximate surface area is 163 Å². The first kappa shape index (κ1) is 20.8. The largest absolute Gasteiger partial charge is 0.497 e. The number of carbonyl (C=O) groups excluding carboxylic acids is 3. The molecule has 3 N–H and O–H groups in total. The van der Waals surface area contributed by atoms with Gasteiger partial charge in [0.15, 0.2) is 6.04 Å². The molecule has 0 fully saturated rings. The predicted molar refractivity (Wildman–Crippen MR) is 104 cm³/mol. The quantitative estimate of drug-likeness (QED) is 0.597. The first-order valence-electron chi connectivity index (χ1n) is 8.56. The molecule has 3 amide bonds. The Hall–Kier alpha value is -3.55. The number of amides is 3. The molecule has 0 saturated heterocycles. The van der Waals surface area contributed by atoms with Crippen LogP contribution in [0.25, 0.3) is 0 Å². The van der Waals surface area contributed by atoms with E-state index in [4.69, 9.17) is 9.47 Å².